The standard InChI is InChI=1S/C7H13NO/c1-4-6(3)8-7(9)5-2/h5-6H,2,4H2,1,3H3,(H,8,9)/t6-/m0/s1. The predicted molar refractivity (Wildman–Crippen MR) is 38.1 cm³/mol. The van der Waals surface area contributed by atoms with Crippen LogP contribution in [0.25, 0.3) is 0 Å². The van der Waals surface area contributed by atoms with Gasteiger partial charge in [0.2, 0.25) is 5.91 Å². The molecule has 9 heavy (non-hydrogen) atoms. The summed E-state index contributed by atoms with van der Waals surface area (Å²) in [5.41, 5.74) is 0. The van der Waals surface area contributed by atoms with Gasteiger partial charge in [0.1, 0.15) is 0 Å². The maximum Gasteiger partial charge on any atom is 0.243 e. The number of nitrogens with one attached hydrogen (secondary N) is 1. The molecule has 0 heterocycles. The molecule has 52 valence electrons. The fourth-order valence-corrected chi connectivity index (χ4v) is 0.404. The summed E-state index contributed by atoms with van der Waals surface area (Å²) in [7, 11) is 0. The summed E-state index contributed by atoms with van der Waals surface area (Å²) in [6.07, 6.45) is 2.24. The maximum absolute atomic E-state index is 10.6. The van der Waals surface area contributed by atoms with Crippen LogP contribution < -0.4 is 5.32 Å². The van der Waals surface area contributed by atoms with E-state index in [4.69, 9.17) is 0 Å². The van der Waals surface area contributed by atoms with Gasteiger partial charge in [-0.3, -0.25) is 4.79 Å². The molecule has 0 aliphatic rings. The van der Waals surface area contributed by atoms with Crippen molar-refractivity contribution >= 4 is 5.91 Å². The number of hydrogen-bond acceptors (Lipinski definition) is 1. The zero-order valence-electron chi connectivity index (χ0n) is 5.98. The highest BCUT2D eigenvalue weighted by Gasteiger charge is 1.98. The summed E-state index contributed by atoms with van der Waals surface area (Å²) < 4.78 is 0. The molecular formula is C7H13NO. The molecule has 0 aromatic rings. The van der Waals surface area contributed by atoms with E-state index in [1.54, 1.807) is 0 Å². The van der Waals surface area contributed by atoms with Crippen molar-refractivity contribution in [3.05, 3.63) is 12.7 Å². The summed E-state index contributed by atoms with van der Waals surface area (Å²) in [5.74, 6) is -0.0932. The van der Waals surface area contributed by atoms with Crippen LogP contribution in [0.15, 0.2) is 12.7 Å². The van der Waals surface area contributed by atoms with E-state index in [1.165, 1.54) is 6.08 Å². The molecule has 0 fully saturated rings. The van der Waals surface area contributed by atoms with Crippen LogP contribution in [0, 0.1) is 0 Å². The monoisotopic (exact) mass is 127 g/mol. The van der Waals surface area contributed by atoms with Crippen LogP contribution in [0.3, 0.4) is 0 Å². The molecule has 0 bridgehead atoms. The summed E-state index contributed by atoms with van der Waals surface area (Å²) in [4.78, 5) is 10.6. The first kappa shape index (κ1) is 8.21. The smallest absolute Gasteiger partial charge is 0.243 e. The Morgan fingerprint density at radius 1 is 1.89 bits per heavy atom. The number of carbonyl (C=O) groups excluding carboxylic acids is 1. The van der Waals surface area contributed by atoms with Crippen LogP contribution >= 0.6 is 0 Å². The number of rotatable bonds is 3. The van der Waals surface area contributed by atoms with Gasteiger partial charge in [0, 0.05) is 6.04 Å². The van der Waals surface area contributed by atoms with Gasteiger partial charge in [-0.05, 0) is 19.4 Å². The molecule has 0 unspecified atom stereocenters. The van der Waals surface area contributed by atoms with Crippen LogP contribution in [0.1, 0.15) is 20.3 Å². The van der Waals surface area contributed by atoms with Crippen molar-refractivity contribution in [2.75, 3.05) is 0 Å². The van der Waals surface area contributed by atoms with Crippen LogP contribution in [0.2, 0.25) is 0 Å². The molecule has 0 aromatic carbocycles. The van der Waals surface area contributed by atoms with Gasteiger partial charge in [-0.1, -0.05) is 13.5 Å². The second-order valence-corrected chi connectivity index (χ2v) is 2.02. The molecule has 0 aliphatic carbocycles. The van der Waals surface area contributed by atoms with Gasteiger partial charge in [0.15, 0.2) is 0 Å². The van der Waals surface area contributed by atoms with Gasteiger partial charge in [-0.25, -0.2) is 0 Å². The molecule has 0 saturated heterocycles. The Balaban J connectivity index is 3.46. The fraction of sp³-hybridized carbons (Fsp3) is 0.571. The molecule has 0 rings (SSSR count). The first-order valence-electron chi connectivity index (χ1n) is 3.13. The van der Waals surface area contributed by atoms with Gasteiger partial charge >= 0.3 is 0 Å². The lowest BCUT2D eigenvalue weighted by Crippen LogP contribution is -2.30. The number of carbonyl (C=O) groups is 1. The SMILES string of the molecule is C=CC(=O)N[C@@H](C)CC. The third-order valence-corrected chi connectivity index (χ3v) is 1.19. The second kappa shape index (κ2) is 4.13. The fourth-order valence-electron chi connectivity index (χ4n) is 0.404. The Kier molecular flexibility index (Phi) is 3.76. The maximum atomic E-state index is 10.6. The molecule has 0 radical (unpaired) electrons. The van der Waals surface area contributed by atoms with Crippen LogP contribution in [0.4, 0.5) is 0 Å². The highest BCUT2D eigenvalue weighted by molar-refractivity contribution is 5.86. The molecular weight excluding hydrogens is 114 g/mol. The van der Waals surface area contributed by atoms with Gasteiger partial charge < -0.3 is 5.32 Å². The minimum absolute atomic E-state index is 0.0932. The Morgan fingerprint density at radius 3 is 2.78 bits per heavy atom. The van der Waals surface area contributed by atoms with E-state index in [2.05, 4.69) is 11.9 Å². The quantitative estimate of drug-likeness (QED) is 0.565. The average Bonchev–Trinajstić information content (AvgIpc) is 1.87. The lowest BCUT2D eigenvalue weighted by atomic mass is 10.2. The summed E-state index contributed by atoms with van der Waals surface area (Å²) >= 11 is 0. The van der Waals surface area contributed by atoms with E-state index < -0.39 is 0 Å². The minimum Gasteiger partial charge on any atom is -0.350 e. The van der Waals surface area contributed by atoms with Crippen molar-refractivity contribution < 1.29 is 4.79 Å². The molecule has 0 spiro atoms. The van der Waals surface area contributed by atoms with Crippen molar-refractivity contribution in [3.63, 3.8) is 0 Å². The summed E-state index contributed by atoms with van der Waals surface area (Å²) in [6, 6.07) is 0.260. The van der Waals surface area contributed by atoms with E-state index >= 15 is 0 Å². The number of hydrogen-bond donors (Lipinski definition) is 1. The molecule has 1 N–H and O–H groups in total. The Morgan fingerprint density at radius 2 is 2.44 bits per heavy atom. The lowest BCUT2D eigenvalue weighted by molar-refractivity contribution is -0.117. The molecule has 0 saturated carbocycles. The highest BCUT2D eigenvalue weighted by Crippen LogP contribution is 1.86. The molecule has 0 aliphatic heterocycles. The Hall–Kier alpha value is -0.790. The average molecular weight is 127 g/mol. The predicted octanol–water partition coefficient (Wildman–Crippen LogP) is 1.09. The van der Waals surface area contributed by atoms with Crippen LogP contribution in [-0.4, -0.2) is 11.9 Å². The van der Waals surface area contributed by atoms with Crippen LogP contribution in [0.5, 0.6) is 0 Å². The van der Waals surface area contributed by atoms with E-state index in [-0.39, 0.29) is 11.9 Å². The Labute approximate surface area is 56.0 Å². The topological polar surface area (TPSA) is 29.1 Å². The van der Waals surface area contributed by atoms with Gasteiger partial charge in [0.05, 0.1) is 0 Å². The Bertz CT molecular complexity index is 109. The molecule has 2 heteroatoms. The largest absolute Gasteiger partial charge is 0.350 e. The first-order chi connectivity index (χ1) is 4.20. The highest BCUT2D eigenvalue weighted by atomic mass is 16.1. The van der Waals surface area contributed by atoms with Crippen molar-refractivity contribution in [1.82, 2.24) is 5.32 Å². The van der Waals surface area contributed by atoms with Crippen molar-refractivity contribution in [3.8, 4) is 0 Å². The molecule has 0 aromatic heterocycles. The van der Waals surface area contributed by atoms with Crippen molar-refractivity contribution in [2.45, 2.75) is 26.3 Å². The van der Waals surface area contributed by atoms with E-state index in [9.17, 15) is 4.79 Å². The third kappa shape index (κ3) is 3.76. The van der Waals surface area contributed by atoms with E-state index in [0.717, 1.165) is 6.42 Å². The number of amides is 1. The van der Waals surface area contributed by atoms with Gasteiger partial charge in [-0.15, -0.1) is 0 Å². The summed E-state index contributed by atoms with van der Waals surface area (Å²) in [5, 5.41) is 2.72. The first-order valence-corrected chi connectivity index (χ1v) is 3.13. The minimum atomic E-state index is -0.0932. The van der Waals surface area contributed by atoms with Crippen molar-refractivity contribution in [2.24, 2.45) is 0 Å². The zero-order valence-corrected chi connectivity index (χ0v) is 5.98. The molecule has 1 amide bonds. The van der Waals surface area contributed by atoms with E-state index in [0.29, 0.717) is 0 Å². The molecule has 2 nitrogen and oxygen atoms in total. The van der Waals surface area contributed by atoms with Gasteiger partial charge in [-0.2, -0.15) is 0 Å². The molecule has 1 atom stereocenters. The van der Waals surface area contributed by atoms with Crippen molar-refractivity contribution in [1.29, 1.82) is 0 Å². The lowest BCUT2D eigenvalue weighted by Gasteiger charge is -2.07. The second-order valence-electron chi connectivity index (χ2n) is 2.02. The van der Waals surface area contributed by atoms with Crippen LogP contribution in [-0.2, 0) is 4.79 Å². The summed E-state index contributed by atoms with van der Waals surface area (Å²) in [6.45, 7) is 7.32. The van der Waals surface area contributed by atoms with E-state index in [1.807, 2.05) is 13.8 Å². The normalized spacial score (nSPS) is 12.2. The third-order valence-electron chi connectivity index (χ3n) is 1.19. The zero-order chi connectivity index (χ0) is 7.28. The van der Waals surface area contributed by atoms with Gasteiger partial charge in [0.25, 0.3) is 0 Å².